The smallest absolute Gasteiger partial charge is 0.408 e. The van der Waals surface area contributed by atoms with Crippen LogP contribution in [0.25, 0.3) is 11.4 Å². The summed E-state index contributed by atoms with van der Waals surface area (Å²) >= 11 is 0. The van der Waals surface area contributed by atoms with Gasteiger partial charge in [0.15, 0.2) is 5.82 Å². The van der Waals surface area contributed by atoms with Gasteiger partial charge >= 0.3 is 6.09 Å². The van der Waals surface area contributed by atoms with Crippen LogP contribution in [0.2, 0.25) is 0 Å². The standard InChI is InChI=1S/C41H55N7O8S/c1-5-26-23-41(26,38(51)47-57(53,54)30-19-20-30)46-36(49)31-21-29(24-48(31)37(50)34(40(2,3)4)45-39(52)56-28-17-11-12-18-28)55-33-22-32(42-27-15-9-10-16-27)43-35(44-33)25-13-7-6-8-14-25/h5-8,13-14,22,26-31,34H,1,9-12,15-21,23-24H2,2-4H3,(H,45,52)(H,46,49)(H,47,51)(H,42,43,44)/t26-,29-,31+,34-,41-/m1/s1. The third-order valence-corrected chi connectivity index (χ3v) is 13.6. The molecule has 0 spiro atoms. The molecule has 16 heteroatoms. The van der Waals surface area contributed by atoms with Crippen molar-refractivity contribution in [3.8, 4) is 17.3 Å². The van der Waals surface area contributed by atoms with Crippen molar-refractivity contribution in [3.05, 3.63) is 49.1 Å². The predicted octanol–water partition coefficient (Wildman–Crippen LogP) is 4.60. The Balaban J connectivity index is 1.16. The zero-order chi connectivity index (χ0) is 40.5. The van der Waals surface area contributed by atoms with E-state index in [1.165, 1.54) is 11.0 Å². The first-order valence-electron chi connectivity index (χ1n) is 20.3. The van der Waals surface area contributed by atoms with Crippen LogP contribution in [-0.2, 0) is 29.1 Å². The lowest BCUT2D eigenvalue weighted by atomic mass is 9.85. The summed E-state index contributed by atoms with van der Waals surface area (Å²) in [6.07, 6.45) is 8.66. The lowest BCUT2D eigenvalue weighted by molar-refractivity contribution is -0.143. The normalized spacial score (nSPS) is 25.7. The number of hydrogen-bond acceptors (Lipinski definition) is 11. The Morgan fingerprint density at radius 1 is 0.965 bits per heavy atom. The molecule has 4 N–H and O–H groups in total. The quantitative estimate of drug-likeness (QED) is 0.195. The number of anilines is 1. The third-order valence-electron chi connectivity index (χ3n) is 11.8. The summed E-state index contributed by atoms with van der Waals surface area (Å²) in [7, 11) is -3.91. The van der Waals surface area contributed by atoms with E-state index in [0.717, 1.165) is 56.9 Å². The fraction of sp³-hybridized carbons (Fsp3) is 0.610. The molecular formula is C41H55N7O8S. The molecule has 15 nitrogen and oxygen atoms in total. The van der Waals surface area contributed by atoms with Gasteiger partial charge in [-0.2, -0.15) is 4.98 Å². The van der Waals surface area contributed by atoms with Gasteiger partial charge in [-0.15, -0.1) is 6.58 Å². The number of carbonyl (C=O) groups is 4. The van der Waals surface area contributed by atoms with Gasteiger partial charge in [0.05, 0.1) is 11.8 Å². The van der Waals surface area contributed by atoms with Crippen LogP contribution in [0, 0.1) is 11.3 Å². The SMILES string of the molecule is C=C[C@@H]1C[C@]1(NC(=O)[C@@H]1C[C@@H](Oc2cc(NC3CCCC3)nc(-c3ccccc3)n2)CN1C(=O)[C@@H](NC(=O)OC1CCCC1)C(C)(C)C)C(=O)NS(=O)(=O)C1CC1. The largest absolute Gasteiger partial charge is 0.472 e. The van der Waals surface area contributed by atoms with Crippen molar-refractivity contribution in [1.82, 2.24) is 30.2 Å². The Bertz CT molecular complexity index is 1960. The van der Waals surface area contributed by atoms with Gasteiger partial charge in [0, 0.05) is 30.0 Å². The van der Waals surface area contributed by atoms with Crippen LogP contribution in [0.4, 0.5) is 10.6 Å². The van der Waals surface area contributed by atoms with Gasteiger partial charge in [-0.1, -0.05) is 70.0 Å². The summed E-state index contributed by atoms with van der Waals surface area (Å²) < 4.78 is 39.9. The highest BCUT2D eigenvalue weighted by Crippen LogP contribution is 2.45. The van der Waals surface area contributed by atoms with Crippen LogP contribution in [0.3, 0.4) is 0 Å². The van der Waals surface area contributed by atoms with E-state index in [1.54, 1.807) is 6.07 Å². The van der Waals surface area contributed by atoms with E-state index in [-0.39, 0.29) is 37.4 Å². The maximum absolute atomic E-state index is 14.7. The van der Waals surface area contributed by atoms with Gasteiger partial charge in [0.25, 0.3) is 5.91 Å². The van der Waals surface area contributed by atoms with E-state index >= 15 is 0 Å². The minimum absolute atomic E-state index is 0.0217. The van der Waals surface area contributed by atoms with Crippen LogP contribution in [0.15, 0.2) is 49.1 Å². The zero-order valence-corrected chi connectivity index (χ0v) is 33.8. The number of likely N-dealkylation sites (tertiary alicyclic amines) is 1. The molecule has 5 fully saturated rings. The van der Waals surface area contributed by atoms with Crippen LogP contribution in [0.1, 0.15) is 97.8 Å². The topological polar surface area (TPSA) is 198 Å². The van der Waals surface area contributed by atoms with Crippen molar-refractivity contribution in [2.45, 2.75) is 139 Å². The van der Waals surface area contributed by atoms with Crippen molar-refractivity contribution in [2.24, 2.45) is 11.3 Å². The molecule has 308 valence electrons. The first kappa shape index (κ1) is 40.5. The van der Waals surface area contributed by atoms with Gasteiger partial charge in [-0.25, -0.2) is 18.2 Å². The molecule has 1 aromatic heterocycles. The maximum Gasteiger partial charge on any atom is 0.408 e. The average molecular weight is 806 g/mol. The first-order chi connectivity index (χ1) is 27.1. The molecule has 1 saturated heterocycles. The molecule has 2 heterocycles. The summed E-state index contributed by atoms with van der Waals surface area (Å²) in [5.41, 5.74) is -1.57. The Morgan fingerprint density at radius 3 is 2.28 bits per heavy atom. The van der Waals surface area contributed by atoms with Crippen LogP contribution < -0.4 is 25.4 Å². The van der Waals surface area contributed by atoms with Gasteiger partial charge in [-0.3, -0.25) is 19.1 Å². The van der Waals surface area contributed by atoms with Gasteiger partial charge in [-0.05, 0) is 63.2 Å². The number of amides is 4. The van der Waals surface area contributed by atoms with Crippen molar-refractivity contribution in [2.75, 3.05) is 11.9 Å². The van der Waals surface area contributed by atoms with Crippen LogP contribution in [0.5, 0.6) is 5.88 Å². The van der Waals surface area contributed by atoms with Crippen molar-refractivity contribution < 1.29 is 37.1 Å². The molecule has 4 saturated carbocycles. The molecular weight excluding hydrogens is 751 g/mol. The second-order valence-electron chi connectivity index (χ2n) is 17.3. The van der Waals surface area contributed by atoms with Crippen LogP contribution in [-0.4, -0.2) is 94.8 Å². The number of ether oxygens (including phenoxy) is 2. The van der Waals surface area contributed by atoms with E-state index in [1.807, 2.05) is 51.1 Å². The van der Waals surface area contributed by atoms with Gasteiger partial charge in [0.1, 0.15) is 35.6 Å². The number of carbonyl (C=O) groups excluding carboxylic acids is 4. The molecule has 1 aliphatic heterocycles. The summed E-state index contributed by atoms with van der Waals surface area (Å²) in [4.78, 5) is 66.8. The van der Waals surface area contributed by atoms with E-state index in [0.29, 0.717) is 24.5 Å². The molecule has 4 amide bonds. The van der Waals surface area contributed by atoms with Crippen LogP contribution >= 0.6 is 0 Å². The molecule has 0 unspecified atom stereocenters. The summed E-state index contributed by atoms with van der Waals surface area (Å²) in [5, 5.41) is 8.50. The Kier molecular flexibility index (Phi) is 11.5. The van der Waals surface area contributed by atoms with E-state index in [2.05, 4.69) is 27.3 Å². The number of sulfonamides is 1. The van der Waals surface area contributed by atoms with Crippen molar-refractivity contribution in [3.63, 3.8) is 0 Å². The molecule has 1 aromatic carbocycles. The number of aromatic nitrogens is 2. The molecule has 5 atom stereocenters. The number of nitrogens with zero attached hydrogens (tertiary/aromatic N) is 3. The molecule has 4 aliphatic carbocycles. The molecule has 5 aliphatic rings. The maximum atomic E-state index is 14.7. The predicted molar refractivity (Wildman–Crippen MR) is 212 cm³/mol. The lowest BCUT2D eigenvalue weighted by Crippen LogP contribution is -2.60. The monoisotopic (exact) mass is 805 g/mol. The highest BCUT2D eigenvalue weighted by atomic mass is 32.2. The summed E-state index contributed by atoms with van der Waals surface area (Å²) in [6.45, 7) is 9.20. The molecule has 0 bridgehead atoms. The lowest BCUT2D eigenvalue weighted by Gasteiger charge is -2.35. The fourth-order valence-corrected chi connectivity index (χ4v) is 9.61. The first-order valence-corrected chi connectivity index (χ1v) is 21.9. The Morgan fingerprint density at radius 2 is 1.65 bits per heavy atom. The van der Waals surface area contributed by atoms with Crippen molar-refractivity contribution >= 4 is 39.7 Å². The number of hydrogen-bond donors (Lipinski definition) is 4. The molecule has 7 rings (SSSR count). The van der Waals surface area contributed by atoms with Gasteiger partial charge < -0.3 is 30.3 Å². The molecule has 57 heavy (non-hydrogen) atoms. The number of alkyl carbamates (subject to hydrolysis) is 1. The Hall–Kier alpha value is -4.73. The molecule has 2 aromatic rings. The van der Waals surface area contributed by atoms with E-state index in [9.17, 15) is 27.6 Å². The number of nitrogens with one attached hydrogen (secondary N) is 4. The second-order valence-corrected chi connectivity index (χ2v) is 19.3. The Labute approximate surface area is 334 Å². The van der Waals surface area contributed by atoms with Gasteiger partial charge in [0.2, 0.25) is 27.7 Å². The van der Waals surface area contributed by atoms with Crippen molar-refractivity contribution in [1.29, 1.82) is 0 Å². The highest BCUT2D eigenvalue weighted by molar-refractivity contribution is 7.91. The van der Waals surface area contributed by atoms with E-state index < -0.39 is 74.1 Å². The number of benzene rings is 1. The van der Waals surface area contributed by atoms with E-state index in [4.69, 9.17) is 19.4 Å². The second kappa shape index (κ2) is 16.3. The number of rotatable bonds is 14. The fourth-order valence-electron chi connectivity index (χ4n) is 8.24. The highest BCUT2D eigenvalue weighted by Gasteiger charge is 2.62. The summed E-state index contributed by atoms with van der Waals surface area (Å²) in [5.74, 6) is -1.24. The minimum atomic E-state index is -3.91. The third kappa shape index (κ3) is 9.37. The summed E-state index contributed by atoms with van der Waals surface area (Å²) in [6, 6.07) is 9.26. The molecule has 0 radical (unpaired) electrons. The average Bonchev–Trinajstić information content (AvgIpc) is 3.94. The minimum Gasteiger partial charge on any atom is -0.472 e. The zero-order valence-electron chi connectivity index (χ0n) is 33.0.